The fourth-order valence-electron chi connectivity index (χ4n) is 2.72. The van der Waals surface area contributed by atoms with Gasteiger partial charge in [-0.1, -0.05) is 0 Å². The van der Waals surface area contributed by atoms with Crippen molar-refractivity contribution < 1.29 is 21.9 Å². The summed E-state index contributed by atoms with van der Waals surface area (Å²) >= 11 is 0. The molecule has 2 heterocycles. The summed E-state index contributed by atoms with van der Waals surface area (Å²) in [6, 6.07) is 2.64. The number of sulfonamides is 1. The maximum atomic E-state index is 13.3. The number of ether oxygens (including phenoxy) is 1. The fraction of sp³-hybridized carbons (Fsp3) is 0.471. The molecule has 0 atom stereocenters. The number of hydrogen-bond donors (Lipinski definition) is 1. The van der Waals surface area contributed by atoms with E-state index in [4.69, 9.17) is 4.74 Å². The number of morpholine rings is 1. The van der Waals surface area contributed by atoms with Crippen LogP contribution in [-0.4, -0.2) is 63.8 Å². The Labute approximate surface area is 167 Å². The van der Waals surface area contributed by atoms with Crippen LogP contribution in [0.5, 0.6) is 0 Å². The molecule has 1 fully saturated rings. The zero-order chi connectivity index (χ0) is 21.0. The lowest BCUT2D eigenvalue weighted by atomic mass is 10.2. The van der Waals surface area contributed by atoms with Gasteiger partial charge in [0, 0.05) is 33.3 Å². The second-order valence-electron chi connectivity index (χ2n) is 6.70. The number of aromatic nitrogens is 3. The molecule has 12 heteroatoms. The molecule has 0 spiro atoms. The molecule has 0 aliphatic carbocycles. The summed E-state index contributed by atoms with van der Waals surface area (Å²) in [5.74, 6) is -1.17. The Morgan fingerprint density at radius 1 is 1.10 bits per heavy atom. The van der Waals surface area contributed by atoms with E-state index in [1.807, 2.05) is 4.90 Å². The average molecular weight is 428 g/mol. The molecule has 0 amide bonds. The SMILES string of the molecule is CN(C)c1nc(CNS(=O)(=O)Cc2cc(F)cc(F)c2)nc(N2CCOCC2)n1. The van der Waals surface area contributed by atoms with E-state index in [1.54, 1.807) is 19.0 Å². The predicted octanol–water partition coefficient (Wildman–Crippen LogP) is 0.672. The molecular weight excluding hydrogens is 406 g/mol. The maximum absolute atomic E-state index is 13.3. The highest BCUT2D eigenvalue weighted by molar-refractivity contribution is 7.88. The van der Waals surface area contributed by atoms with Crippen LogP contribution in [0.2, 0.25) is 0 Å². The van der Waals surface area contributed by atoms with Crippen LogP contribution < -0.4 is 14.5 Å². The van der Waals surface area contributed by atoms with Gasteiger partial charge in [0.2, 0.25) is 21.9 Å². The van der Waals surface area contributed by atoms with E-state index in [2.05, 4.69) is 19.7 Å². The Bertz CT molecular complexity index is 947. The van der Waals surface area contributed by atoms with E-state index < -0.39 is 27.4 Å². The Morgan fingerprint density at radius 2 is 1.76 bits per heavy atom. The maximum Gasteiger partial charge on any atom is 0.230 e. The monoisotopic (exact) mass is 428 g/mol. The highest BCUT2D eigenvalue weighted by Gasteiger charge is 2.19. The van der Waals surface area contributed by atoms with E-state index in [0.717, 1.165) is 12.1 Å². The molecule has 3 rings (SSSR count). The van der Waals surface area contributed by atoms with Crippen molar-refractivity contribution in [3.63, 3.8) is 0 Å². The van der Waals surface area contributed by atoms with Gasteiger partial charge >= 0.3 is 0 Å². The second kappa shape index (κ2) is 8.93. The van der Waals surface area contributed by atoms with Crippen LogP contribution in [-0.2, 0) is 27.1 Å². The van der Waals surface area contributed by atoms with Crippen LogP contribution >= 0.6 is 0 Å². The fourth-order valence-corrected chi connectivity index (χ4v) is 3.77. The van der Waals surface area contributed by atoms with Crippen molar-refractivity contribution in [2.45, 2.75) is 12.3 Å². The second-order valence-corrected chi connectivity index (χ2v) is 8.51. The zero-order valence-corrected chi connectivity index (χ0v) is 16.9. The van der Waals surface area contributed by atoms with Gasteiger partial charge in [-0.25, -0.2) is 21.9 Å². The first-order chi connectivity index (χ1) is 13.7. The third kappa shape index (κ3) is 6.02. The average Bonchev–Trinajstić information content (AvgIpc) is 2.66. The molecule has 1 N–H and O–H groups in total. The molecular formula is C17H22F2N6O3S. The summed E-state index contributed by atoms with van der Waals surface area (Å²) in [7, 11) is -0.331. The van der Waals surface area contributed by atoms with Crippen molar-refractivity contribution in [3.8, 4) is 0 Å². The molecule has 29 heavy (non-hydrogen) atoms. The lowest BCUT2D eigenvalue weighted by Crippen LogP contribution is -2.38. The number of anilines is 2. The minimum atomic E-state index is -3.87. The third-order valence-electron chi connectivity index (χ3n) is 4.08. The summed E-state index contributed by atoms with van der Waals surface area (Å²) < 4.78 is 59.0. The molecule has 0 radical (unpaired) electrons. The van der Waals surface area contributed by atoms with E-state index in [-0.39, 0.29) is 17.9 Å². The predicted molar refractivity (Wildman–Crippen MR) is 103 cm³/mol. The molecule has 158 valence electrons. The van der Waals surface area contributed by atoms with Gasteiger partial charge in [0.15, 0.2) is 5.82 Å². The minimum absolute atomic E-state index is 0.00799. The van der Waals surface area contributed by atoms with Gasteiger partial charge in [-0.15, -0.1) is 0 Å². The minimum Gasteiger partial charge on any atom is -0.378 e. The third-order valence-corrected chi connectivity index (χ3v) is 5.38. The standard InChI is InChI=1S/C17H22F2N6O3S/c1-24(2)16-21-15(22-17(23-16)25-3-5-28-6-4-25)10-20-29(26,27)11-12-7-13(18)9-14(19)8-12/h7-9,20H,3-6,10-11H2,1-2H3. The number of nitrogens with one attached hydrogen (secondary N) is 1. The van der Waals surface area contributed by atoms with Crippen molar-refractivity contribution in [1.29, 1.82) is 0 Å². The summed E-state index contributed by atoms with van der Waals surface area (Å²) in [5.41, 5.74) is 0.00799. The molecule has 0 unspecified atom stereocenters. The smallest absolute Gasteiger partial charge is 0.230 e. The van der Waals surface area contributed by atoms with Gasteiger partial charge in [0.1, 0.15) is 11.6 Å². The molecule has 1 aliphatic heterocycles. The highest BCUT2D eigenvalue weighted by atomic mass is 32.2. The highest BCUT2D eigenvalue weighted by Crippen LogP contribution is 2.15. The van der Waals surface area contributed by atoms with Crippen molar-refractivity contribution in [1.82, 2.24) is 19.7 Å². The normalized spacial score (nSPS) is 14.8. The Morgan fingerprint density at radius 3 is 2.38 bits per heavy atom. The Hall–Kier alpha value is -2.44. The molecule has 1 saturated heterocycles. The van der Waals surface area contributed by atoms with Crippen LogP contribution in [0, 0.1) is 11.6 Å². The topological polar surface area (TPSA) is 101 Å². The first kappa shape index (κ1) is 21.3. The van der Waals surface area contributed by atoms with Gasteiger partial charge in [0.05, 0.1) is 25.5 Å². The largest absolute Gasteiger partial charge is 0.378 e. The van der Waals surface area contributed by atoms with E-state index in [1.165, 1.54) is 0 Å². The first-order valence-electron chi connectivity index (χ1n) is 8.89. The van der Waals surface area contributed by atoms with Gasteiger partial charge in [-0.3, -0.25) is 0 Å². The van der Waals surface area contributed by atoms with Crippen LogP contribution in [0.15, 0.2) is 18.2 Å². The van der Waals surface area contributed by atoms with Crippen LogP contribution in [0.3, 0.4) is 0 Å². The molecule has 0 bridgehead atoms. The summed E-state index contributed by atoms with van der Waals surface area (Å²) in [4.78, 5) is 16.6. The Kier molecular flexibility index (Phi) is 6.55. The molecule has 9 nitrogen and oxygen atoms in total. The molecule has 1 aromatic heterocycles. The van der Waals surface area contributed by atoms with E-state index in [0.29, 0.717) is 44.3 Å². The number of hydrogen-bond acceptors (Lipinski definition) is 8. The lowest BCUT2D eigenvalue weighted by Gasteiger charge is -2.27. The first-order valence-corrected chi connectivity index (χ1v) is 10.5. The number of nitrogens with zero attached hydrogens (tertiary/aromatic N) is 5. The van der Waals surface area contributed by atoms with Crippen molar-refractivity contribution in [2.75, 3.05) is 50.2 Å². The zero-order valence-electron chi connectivity index (χ0n) is 16.1. The molecule has 1 aliphatic rings. The van der Waals surface area contributed by atoms with Crippen LogP contribution in [0.4, 0.5) is 20.7 Å². The van der Waals surface area contributed by atoms with E-state index >= 15 is 0 Å². The van der Waals surface area contributed by atoms with Crippen molar-refractivity contribution in [3.05, 3.63) is 41.2 Å². The van der Waals surface area contributed by atoms with Gasteiger partial charge < -0.3 is 14.5 Å². The Balaban J connectivity index is 1.75. The van der Waals surface area contributed by atoms with Gasteiger partial charge in [0.25, 0.3) is 0 Å². The number of benzene rings is 1. The van der Waals surface area contributed by atoms with Crippen LogP contribution in [0.1, 0.15) is 11.4 Å². The van der Waals surface area contributed by atoms with Crippen molar-refractivity contribution in [2.24, 2.45) is 0 Å². The summed E-state index contributed by atoms with van der Waals surface area (Å²) in [6.07, 6.45) is 0. The number of rotatable bonds is 7. The van der Waals surface area contributed by atoms with Gasteiger partial charge in [-0.05, 0) is 17.7 Å². The van der Waals surface area contributed by atoms with Crippen molar-refractivity contribution >= 4 is 21.9 Å². The van der Waals surface area contributed by atoms with E-state index in [9.17, 15) is 17.2 Å². The quantitative estimate of drug-likeness (QED) is 0.687. The van der Waals surface area contributed by atoms with Crippen LogP contribution in [0.25, 0.3) is 0 Å². The molecule has 2 aromatic rings. The summed E-state index contributed by atoms with van der Waals surface area (Å²) in [5, 5.41) is 0. The lowest BCUT2D eigenvalue weighted by molar-refractivity contribution is 0.122. The number of halogens is 2. The summed E-state index contributed by atoms with van der Waals surface area (Å²) in [6.45, 7) is 2.16. The van der Waals surface area contributed by atoms with Gasteiger partial charge in [-0.2, -0.15) is 15.0 Å². The molecule has 1 aromatic carbocycles. The molecule has 0 saturated carbocycles.